The first-order valence-corrected chi connectivity index (χ1v) is 7.80. The molecule has 0 aliphatic rings. The Morgan fingerprint density at radius 3 is 2.58 bits per heavy atom. The van der Waals surface area contributed by atoms with Gasteiger partial charge in [-0.05, 0) is 24.6 Å². The molecule has 24 heavy (non-hydrogen) atoms. The number of hydrogen-bond acceptors (Lipinski definition) is 2. The van der Waals surface area contributed by atoms with Gasteiger partial charge in [0.25, 0.3) is 0 Å². The molecule has 4 aromatic rings. The van der Waals surface area contributed by atoms with E-state index in [1.807, 2.05) is 59.3 Å². The molecule has 120 valence electrons. The van der Waals surface area contributed by atoms with Gasteiger partial charge in [-0.3, -0.25) is 9.20 Å². The molecule has 0 bridgehead atoms. The van der Waals surface area contributed by atoms with Crippen molar-refractivity contribution in [3.05, 3.63) is 59.8 Å². The second-order valence-electron chi connectivity index (χ2n) is 6.03. The first-order valence-electron chi connectivity index (χ1n) is 7.80. The van der Waals surface area contributed by atoms with E-state index in [9.17, 15) is 9.90 Å². The van der Waals surface area contributed by atoms with Crippen LogP contribution in [0.4, 0.5) is 0 Å². The minimum Gasteiger partial charge on any atom is -0.481 e. The summed E-state index contributed by atoms with van der Waals surface area (Å²) in [6.07, 6.45) is -0.0710. The van der Waals surface area contributed by atoms with Gasteiger partial charge in [0.05, 0.1) is 28.8 Å². The lowest BCUT2D eigenvalue weighted by Crippen LogP contribution is -2.04. The SMILES string of the molecule is Cc1ccc2c(c1)n1c(CC(=O)O)c(-c3ccccc3)nc1n2C. The number of rotatable bonds is 3. The number of nitrogens with zero attached hydrogens (tertiary/aromatic N) is 3. The fraction of sp³-hybridized carbons (Fsp3) is 0.158. The summed E-state index contributed by atoms with van der Waals surface area (Å²) < 4.78 is 3.98. The van der Waals surface area contributed by atoms with Crippen LogP contribution in [0.2, 0.25) is 0 Å². The minimum atomic E-state index is -0.862. The highest BCUT2D eigenvalue weighted by atomic mass is 16.4. The second kappa shape index (κ2) is 5.23. The molecule has 2 heterocycles. The van der Waals surface area contributed by atoms with E-state index in [1.165, 1.54) is 0 Å². The Morgan fingerprint density at radius 2 is 1.88 bits per heavy atom. The number of benzene rings is 2. The molecule has 2 aromatic heterocycles. The van der Waals surface area contributed by atoms with Crippen molar-refractivity contribution in [2.45, 2.75) is 13.3 Å². The largest absolute Gasteiger partial charge is 0.481 e. The van der Waals surface area contributed by atoms with Crippen molar-refractivity contribution in [1.29, 1.82) is 0 Å². The van der Waals surface area contributed by atoms with Crippen LogP contribution in [-0.2, 0) is 18.3 Å². The molecular weight excluding hydrogens is 302 g/mol. The summed E-state index contributed by atoms with van der Waals surface area (Å²) in [6, 6.07) is 15.9. The van der Waals surface area contributed by atoms with Gasteiger partial charge in [0.1, 0.15) is 0 Å². The van der Waals surface area contributed by atoms with Crippen molar-refractivity contribution in [3.8, 4) is 11.3 Å². The molecule has 0 amide bonds. The van der Waals surface area contributed by atoms with E-state index in [0.29, 0.717) is 5.69 Å². The fourth-order valence-corrected chi connectivity index (χ4v) is 3.26. The maximum absolute atomic E-state index is 11.5. The normalized spacial score (nSPS) is 11.4. The van der Waals surface area contributed by atoms with Crippen LogP contribution in [0, 0.1) is 6.92 Å². The molecule has 0 spiro atoms. The van der Waals surface area contributed by atoms with Gasteiger partial charge in [0.15, 0.2) is 0 Å². The standard InChI is InChI=1S/C19H17N3O2/c1-12-8-9-14-15(10-12)22-16(11-17(23)24)18(20-19(22)21(14)2)13-6-4-3-5-7-13/h3-10H,11H2,1-2H3,(H,23,24). The van der Waals surface area contributed by atoms with E-state index in [1.54, 1.807) is 0 Å². The number of imidazole rings is 2. The highest BCUT2D eigenvalue weighted by Crippen LogP contribution is 2.30. The Labute approximate surface area is 138 Å². The number of aromatic nitrogens is 3. The van der Waals surface area contributed by atoms with E-state index < -0.39 is 5.97 Å². The summed E-state index contributed by atoms with van der Waals surface area (Å²) >= 11 is 0. The van der Waals surface area contributed by atoms with Gasteiger partial charge in [-0.25, -0.2) is 4.98 Å². The van der Waals surface area contributed by atoms with Crippen LogP contribution in [0.25, 0.3) is 28.1 Å². The summed E-state index contributed by atoms with van der Waals surface area (Å²) in [4.78, 5) is 16.2. The highest BCUT2D eigenvalue weighted by molar-refractivity contribution is 5.85. The van der Waals surface area contributed by atoms with Gasteiger partial charge in [-0.2, -0.15) is 0 Å². The topological polar surface area (TPSA) is 59.5 Å². The summed E-state index contributed by atoms with van der Waals surface area (Å²) in [6.45, 7) is 2.03. The molecule has 0 aliphatic carbocycles. The van der Waals surface area contributed by atoms with Crippen LogP contribution in [0.1, 0.15) is 11.3 Å². The van der Waals surface area contributed by atoms with Crippen LogP contribution in [0.5, 0.6) is 0 Å². The van der Waals surface area contributed by atoms with Gasteiger partial charge in [0.2, 0.25) is 5.78 Å². The van der Waals surface area contributed by atoms with Crippen LogP contribution in [0.3, 0.4) is 0 Å². The average molecular weight is 319 g/mol. The van der Waals surface area contributed by atoms with E-state index in [-0.39, 0.29) is 6.42 Å². The van der Waals surface area contributed by atoms with Gasteiger partial charge < -0.3 is 9.67 Å². The number of fused-ring (bicyclic) bond motifs is 3. The zero-order valence-corrected chi connectivity index (χ0v) is 13.5. The maximum atomic E-state index is 11.5. The maximum Gasteiger partial charge on any atom is 0.309 e. The Balaban J connectivity index is 2.13. The van der Waals surface area contributed by atoms with Gasteiger partial charge >= 0.3 is 5.97 Å². The molecule has 4 rings (SSSR count). The molecule has 5 heteroatoms. The number of carbonyl (C=O) groups is 1. The van der Waals surface area contributed by atoms with Crippen LogP contribution < -0.4 is 0 Å². The molecule has 0 atom stereocenters. The van der Waals surface area contributed by atoms with Crippen molar-refractivity contribution < 1.29 is 9.90 Å². The molecule has 2 aromatic carbocycles. The van der Waals surface area contributed by atoms with Crippen molar-refractivity contribution in [1.82, 2.24) is 14.0 Å². The molecule has 5 nitrogen and oxygen atoms in total. The Morgan fingerprint density at radius 1 is 1.12 bits per heavy atom. The van der Waals surface area contributed by atoms with Gasteiger partial charge in [-0.15, -0.1) is 0 Å². The third-order valence-electron chi connectivity index (χ3n) is 4.35. The Kier molecular flexibility index (Phi) is 3.16. The van der Waals surface area contributed by atoms with E-state index >= 15 is 0 Å². The first kappa shape index (κ1) is 14.5. The van der Waals surface area contributed by atoms with Crippen molar-refractivity contribution in [3.63, 3.8) is 0 Å². The van der Waals surface area contributed by atoms with Gasteiger partial charge in [-0.1, -0.05) is 36.4 Å². The molecule has 0 radical (unpaired) electrons. The summed E-state index contributed by atoms with van der Waals surface area (Å²) in [5, 5.41) is 9.40. The summed E-state index contributed by atoms with van der Waals surface area (Å²) in [5.74, 6) is -0.107. The highest BCUT2D eigenvalue weighted by Gasteiger charge is 2.21. The quantitative estimate of drug-likeness (QED) is 0.629. The average Bonchev–Trinajstić information content (AvgIpc) is 3.05. The molecule has 0 saturated carbocycles. The zero-order chi connectivity index (χ0) is 16.8. The summed E-state index contributed by atoms with van der Waals surface area (Å²) in [5.41, 5.74) is 5.52. The predicted octanol–water partition coefficient (Wildman–Crippen LogP) is 3.43. The monoisotopic (exact) mass is 319 g/mol. The third-order valence-corrected chi connectivity index (χ3v) is 4.35. The fourth-order valence-electron chi connectivity index (χ4n) is 3.26. The number of aryl methyl sites for hydroxylation is 2. The molecular formula is C19H17N3O2. The van der Waals surface area contributed by atoms with Gasteiger partial charge in [0, 0.05) is 12.6 Å². The van der Waals surface area contributed by atoms with E-state index in [0.717, 1.165) is 33.6 Å². The van der Waals surface area contributed by atoms with E-state index in [4.69, 9.17) is 4.98 Å². The van der Waals surface area contributed by atoms with E-state index in [2.05, 4.69) is 12.1 Å². The van der Waals surface area contributed by atoms with Crippen LogP contribution in [0.15, 0.2) is 48.5 Å². The lowest BCUT2D eigenvalue weighted by molar-refractivity contribution is -0.136. The molecule has 1 N–H and O–H groups in total. The lowest BCUT2D eigenvalue weighted by atomic mass is 10.1. The number of aliphatic carboxylic acids is 1. The van der Waals surface area contributed by atoms with Crippen molar-refractivity contribution in [2.24, 2.45) is 7.05 Å². The molecule has 0 saturated heterocycles. The van der Waals surface area contributed by atoms with Crippen LogP contribution >= 0.6 is 0 Å². The van der Waals surface area contributed by atoms with Crippen molar-refractivity contribution in [2.75, 3.05) is 0 Å². The van der Waals surface area contributed by atoms with Crippen LogP contribution in [-0.4, -0.2) is 25.0 Å². The smallest absolute Gasteiger partial charge is 0.309 e. The van der Waals surface area contributed by atoms with Crippen molar-refractivity contribution >= 4 is 22.8 Å². The second-order valence-corrected chi connectivity index (χ2v) is 6.03. The minimum absolute atomic E-state index is 0.0710. The number of hydrogen-bond donors (Lipinski definition) is 1. The zero-order valence-electron chi connectivity index (χ0n) is 13.5. The number of carboxylic acids is 1. The summed E-state index contributed by atoms with van der Waals surface area (Å²) in [7, 11) is 1.96. The predicted molar refractivity (Wildman–Crippen MR) is 93.2 cm³/mol. The molecule has 0 aliphatic heterocycles. The first-order chi connectivity index (χ1) is 11.6. The Bertz CT molecular complexity index is 1070. The third kappa shape index (κ3) is 2.09. The lowest BCUT2D eigenvalue weighted by Gasteiger charge is -2.04. The molecule has 0 unspecified atom stereocenters. The number of carboxylic acid groups (broad SMARTS) is 1. The Hall–Kier alpha value is -3.08. The molecule has 0 fully saturated rings.